The van der Waals surface area contributed by atoms with Gasteiger partial charge >= 0.3 is 0 Å². The minimum absolute atomic E-state index is 0.274. The topological polar surface area (TPSA) is 21.3 Å². The lowest BCUT2D eigenvalue weighted by atomic mass is 10.0. The summed E-state index contributed by atoms with van der Waals surface area (Å²) in [4.78, 5) is 0. The molecule has 0 heterocycles. The Morgan fingerprint density at radius 3 is 2.57 bits per heavy atom. The zero-order valence-electron chi connectivity index (χ0n) is 12.2. The van der Waals surface area contributed by atoms with E-state index >= 15 is 0 Å². The molecule has 2 rings (SSSR count). The van der Waals surface area contributed by atoms with Crippen LogP contribution in [0, 0.1) is 0 Å². The van der Waals surface area contributed by atoms with Gasteiger partial charge in [-0.25, -0.2) is 0 Å². The number of halogens is 2. The van der Waals surface area contributed by atoms with E-state index in [1.165, 1.54) is 0 Å². The van der Waals surface area contributed by atoms with E-state index in [0.29, 0.717) is 16.7 Å². The molecule has 0 aliphatic heterocycles. The van der Waals surface area contributed by atoms with E-state index in [1.807, 2.05) is 37.4 Å². The molecule has 2 aromatic carbocycles. The second-order valence-corrected chi connectivity index (χ2v) is 5.57. The van der Waals surface area contributed by atoms with Crippen LogP contribution >= 0.6 is 23.2 Å². The predicted molar refractivity (Wildman–Crippen MR) is 89.3 cm³/mol. The van der Waals surface area contributed by atoms with E-state index in [0.717, 1.165) is 23.3 Å². The maximum atomic E-state index is 6.19. The fourth-order valence-electron chi connectivity index (χ4n) is 2.29. The number of benzene rings is 2. The summed E-state index contributed by atoms with van der Waals surface area (Å²) in [5.41, 5.74) is 2.04. The lowest BCUT2D eigenvalue weighted by Crippen LogP contribution is -2.16. The molecule has 0 saturated carbocycles. The van der Waals surface area contributed by atoms with Gasteiger partial charge in [0.1, 0.15) is 12.4 Å². The van der Waals surface area contributed by atoms with Crippen LogP contribution in [-0.2, 0) is 6.61 Å². The number of para-hydroxylation sites is 1. The van der Waals surface area contributed by atoms with Gasteiger partial charge in [-0.3, -0.25) is 0 Å². The van der Waals surface area contributed by atoms with Crippen LogP contribution in [0.2, 0.25) is 10.0 Å². The van der Waals surface area contributed by atoms with Gasteiger partial charge in [-0.15, -0.1) is 0 Å². The quantitative estimate of drug-likeness (QED) is 0.784. The van der Waals surface area contributed by atoms with Crippen LogP contribution in [0.4, 0.5) is 0 Å². The molecule has 112 valence electrons. The average Bonchev–Trinajstić information content (AvgIpc) is 2.51. The summed E-state index contributed by atoms with van der Waals surface area (Å²) >= 11 is 12.2. The van der Waals surface area contributed by atoms with Crippen LogP contribution in [0.5, 0.6) is 5.75 Å². The summed E-state index contributed by atoms with van der Waals surface area (Å²) in [6.07, 6.45) is 0.995. The van der Waals surface area contributed by atoms with Gasteiger partial charge in [0.2, 0.25) is 0 Å². The molecule has 0 bridgehead atoms. The number of rotatable bonds is 6. The highest BCUT2D eigenvalue weighted by Crippen LogP contribution is 2.30. The third-order valence-corrected chi connectivity index (χ3v) is 4.32. The molecule has 0 spiro atoms. The van der Waals surface area contributed by atoms with E-state index < -0.39 is 0 Å². The number of hydrogen-bond acceptors (Lipinski definition) is 2. The van der Waals surface area contributed by atoms with Crippen molar-refractivity contribution in [1.82, 2.24) is 5.32 Å². The first-order valence-electron chi connectivity index (χ1n) is 6.99. The van der Waals surface area contributed by atoms with Crippen molar-refractivity contribution in [2.45, 2.75) is 26.0 Å². The number of nitrogens with one attached hydrogen (secondary N) is 1. The highest BCUT2D eigenvalue weighted by Gasteiger charge is 2.13. The Morgan fingerprint density at radius 2 is 1.86 bits per heavy atom. The zero-order chi connectivity index (χ0) is 15.2. The van der Waals surface area contributed by atoms with Crippen molar-refractivity contribution in [1.29, 1.82) is 0 Å². The molecule has 1 N–H and O–H groups in total. The summed E-state index contributed by atoms with van der Waals surface area (Å²) in [5.74, 6) is 0.870. The van der Waals surface area contributed by atoms with Crippen molar-refractivity contribution in [2.24, 2.45) is 0 Å². The lowest BCUT2D eigenvalue weighted by molar-refractivity contribution is 0.299. The molecule has 21 heavy (non-hydrogen) atoms. The van der Waals surface area contributed by atoms with Crippen LogP contribution in [0.25, 0.3) is 0 Å². The van der Waals surface area contributed by atoms with Crippen molar-refractivity contribution in [2.75, 3.05) is 7.05 Å². The number of hydrogen-bond donors (Lipinski definition) is 1. The molecule has 2 aromatic rings. The van der Waals surface area contributed by atoms with E-state index in [4.69, 9.17) is 27.9 Å². The summed E-state index contributed by atoms with van der Waals surface area (Å²) in [5, 5.41) is 4.40. The molecular formula is C17H19Cl2NO. The molecule has 0 saturated heterocycles. The van der Waals surface area contributed by atoms with Crippen molar-refractivity contribution in [3.63, 3.8) is 0 Å². The van der Waals surface area contributed by atoms with Crippen molar-refractivity contribution in [3.05, 3.63) is 63.6 Å². The van der Waals surface area contributed by atoms with Crippen LogP contribution < -0.4 is 10.1 Å². The van der Waals surface area contributed by atoms with Gasteiger partial charge in [-0.1, -0.05) is 60.5 Å². The summed E-state index contributed by atoms with van der Waals surface area (Å²) in [6, 6.07) is 13.9. The SMILES string of the molecule is CCC(NC)c1ccccc1OCc1cccc(Cl)c1Cl. The highest BCUT2D eigenvalue weighted by atomic mass is 35.5. The minimum Gasteiger partial charge on any atom is -0.489 e. The van der Waals surface area contributed by atoms with E-state index in [2.05, 4.69) is 18.3 Å². The largest absolute Gasteiger partial charge is 0.489 e. The summed E-state index contributed by atoms with van der Waals surface area (Å²) in [7, 11) is 1.96. The maximum absolute atomic E-state index is 6.19. The van der Waals surface area contributed by atoms with E-state index in [-0.39, 0.29) is 6.04 Å². The molecule has 0 amide bonds. The smallest absolute Gasteiger partial charge is 0.124 e. The Morgan fingerprint density at radius 1 is 1.10 bits per heavy atom. The molecule has 1 unspecified atom stereocenters. The first-order valence-corrected chi connectivity index (χ1v) is 7.74. The second kappa shape index (κ2) is 7.69. The predicted octanol–water partition coefficient (Wildman–Crippen LogP) is 5.24. The molecule has 0 radical (unpaired) electrons. The molecule has 2 nitrogen and oxygen atoms in total. The molecule has 1 atom stereocenters. The first kappa shape index (κ1) is 16.2. The van der Waals surface area contributed by atoms with Crippen LogP contribution in [0.15, 0.2) is 42.5 Å². The lowest BCUT2D eigenvalue weighted by Gasteiger charge is -2.19. The van der Waals surface area contributed by atoms with Gasteiger partial charge in [-0.2, -0.15) is 0 Å². The van der Waals surface area contributed by atoms with Crippen LogP contribution in [0.3, 0.4) is 0 Å². The Kier molecular flexibility index (Phi) is 5.92. The Bertz CT molecular complexity index is 597. The maximum Gasteiger partial charge on any atom is 0.124 e. The van der Waals surface area contributed by atoms with Gasteiger partial charge in [0, 0.05) is 17.2 Å². The second-order valence-electron chi connectivity index (χ2n) is 4.79. The van der Waals surface area contributed by atoms with Crippen LogP contribution in [-0.4, -0.2) is 7.05 Å². The van der Waals surface area contributed by atoms with Gasteiger partial charge in [0.05, 0.1) is 10.0 Å². The van der Waals surface area contributed by atoms with Gasteiger partial charge in [0.15, 0.2) is 0 Å². The van der Waals surface area contributed by atoms with Crippen molar-refractivity contribution < 1.29 is 4.74 Å². The summed E-state index contributed by atoms with van der Waals surface area (Å²) < 4.78 is 5.96. The Hall–Kier alpha value is -1.22. The van der Waals surface area contributed by atoms with Crippen molar-refractivity contribution >= 4 is 23.2 Å². The number of ether oxygens (including phenoxy) is 1. The van der Waals surface area contributed by atoms with Crippen LogP contribution in [0.1, 0.15) is 30.5 Å². The molecule has 0 aromatic heterocycles. The van der Waals surface area contributed by atoms with E-state index in [9.17, 15) is 0 Å². The normalized spacial score (nSPS) is 12.2. The average molecular weight is 324 g/mol. The monoisotopic (exact) mass is 323 g/mol. The minimum atomic E-state index is 0.274. The fraction of sp³-hybridized carbons (Fsp3) is 0.294. The third-order valence-electron chi connectivity index (χ3n) is 3.47. The molecular weight excluding hydrogens is 305 g/mol. The van der Waals surface area contributed by atoms with Crippen molar-refractivity contribution in [3.8, 4) is 5.75 Å². The fourth-order valence-corrected chi connectivity index (χ4v) is 2.67. The molecule has 0 aliphatic carbocycles. The highest BCUT2D eigenvalue weighted by molar-refractivity contribution is 6.42. The van der Waals surface area contributed by atoms with Gasteiger partial charge < -0.3 is 10.1 Å². The third kappa shape index (κ3) is 3.91. The molecule has 0 fully saturated rings. The first-order chi connectivity index (χ1) is 10.2. The van der Waals surface area contributed by atoms with Gasteiger partial charge in [-0.05, 0) is 25.6 Å². The Labute approximate surface area is 136 Å². The molecule has 4 heteroatoms. The molecule has 0 aliphatic rings. The zero-order valence-corrected chi connectivity index (χ0v) is 13.7. The van der Waals surface area contributed by atoms with Gasteiger partial charge in [0.25, 0.3) is 0 Å². The Balaban J connectivity index is 2.18. The summed E-state index contributed by atoms with van der Waals surface area (Å²) in [6.45, 7) is 2.54. The van der Waals surface area contributed by atoms with E-state index in [1.54, 1.807) is 6.07 Å². The standard InChI is InChI=1S/C17H19Cl2NO/c1-3-15(20-2)13-8-4-5-10-16(13)21-11-12-7-6-9-14(18)17(12)19/h4-10,15,20H,3,11H2,1-2H3.